The summed E-state index contributed by atoms with van der Waals surface area (Å²) in [7, 11) is 0. The van der Waals surface area contributed by atoms with E-state index in [1.54, 1.807) is 0 Å². The normalized spacial score (nSPS) is 26.6. The third kappa shape index (κ3) is 2.37. The zero-order valence-corrected chi connectivity index (χ0v) is 11.9. The molecule has 0 amide bonds. The molecule has 3 rings (SSSR count). The van der Waals surface area contributed by atoms with Crippen LogP contribution in [0, 0.1) is 11.3 Å². The first-order valence-electron chi connectivity index (χ1n) is 7.77. The van der Waals surface area contributed by atoms with Gasteiger partial charge in [-0.2, -0.15) is 0 Å². The van der Waals surface area contributed by atoms with Crippen LogP contribution in [0.3, 0.4) is 0 Å². The highest BCUT2D eigenvalue weighted by Crippen LogP contribution is 2.46. The number of allylic oxidation sites excluding steroid dienone is 4. The van der Waals surface area contributed by atoms with Crippen LogP contribution in [0.25, 0.3) is 0 Å². The quantitative estimate of drug-likeness (QED) is 0.707. The van der Waals surface area contributed by atoms with E-state index in [0.717, 1.165) is 12.0 Å². The molecule has 1 heteroatoms. The molecule has 104 valence electrons. The molecule has 0 radical (unpaired) electrons. The van der Waals surface area contributed by atoms with Gasteiger partial charge in [0.1, 0.15) is 0 Å². The summed E-state index contributed by atoms with van der Waals surface area (Å²) in [6.07, 6.45) is 15.6. The summed E-state index contributed by atoms with van der Waals surface area (Å²) in [5.74, 6) is 0.816. The molecule has 1 atom stereocenters. The maximum atomic E-state index is 13.1. The smallest absolute Gasteiger partial charge is 0.173 e. The molecular formula is C19H22O. The second-order valence-corrected chi connectivity index (χ2v) is 6.06. The SMILES string of the molecule is O=C(c1ccccc1)C1(C2CCCCC2)C=CC=CC1. The van der Waals surface area contributed by atoms with Gasteiger partial charge in [-0.1, -0.05) is 73.9 Å². The van der Waals surface area contributed by atoms with E-state index >= 15 is 0 Å². The summed E-state index contributed by atoms with van der Waals surface area (Å²) in [6.45, 7) is 0. The zero-order chi connectivity index (χ0) is 13.8. The van der Waals surface area contributed by atoms with Gasteiger partial charge in [0.25, 0.3) is 0 Å². The van der Waals surface area contributed by atoms with Crippen LogP contribution in [-0.2, 0) is 0 Å². The van der Waals surface area contributed by atoms with Crippen molar-refractivity contribution in [2.75, 3.05) is 0 Å². The molecule has 1 saturated carbocycles. The summed E-state index contributed by atoms with van der Waals surface area (Å²) < 4.78 is 0. The molecule has 0 bridgehead atoms. The summed E-state index contributed by atoms with van der Waals surface area (Å²) >= 11 is 0. The molecule has 2 aliphatic rings. The maximum absolute atomic E-state index is 13.1. The monoisotopic (exact) mass is 266 g/mol. The van der Waals surface area contributed by atoms with Gasteiger partial charge in [0.2, 0.25) is 0 Å². The average molecular weight is 266 g/mol. The second kappa shape index (κ2) is 5.78. The molecule has 1 aromatic rings. The predicted molar refractivity (Wildman–Crippen MR) is 82.7 cm³/mol. The van der Waals surface area contributed by atoms with Crippen molar-refractivity contribution in [3.8, 4) is 0 Å². The summed E-state index contributed by atoms with van der Waals surface area (Å²) in [6, 6.07) is 9.81. The van der Waals surface area contributed by atoms with Crippen molar-refractivity contribution in [2.24, 2.45) is 11.3 Å². The largest absolute Gasteiger partial charge is 0.293 e. The maximum Gasteiger partial charge on any atom is 0.173 e. The Morgan fingerprint density at radius 3 is 2.40 bits per heavy atom. The summed E-state index contributed by atoms with van der Waals surface area (Å²) in [5.41, 5.74) is 0.564. The lowest BCUT2D eigenvalue weighted by atomic mass is 9.62. The first-order valence-corrected chi connectivity index (χ1v) is 7.77. The fourth-order valence-electron chi connectivity index (χ4n) is 3.77. The summed E-state index contributed by atoms with van der Waals surface area (Å²) in [5, 5.41) is 0. The molecule has 0 saturated heterocycles. The van der Waals surface area contributed by atoms with Crippen LogP contribution in [-0.4, -0.2) is 5.78 Å². The van der Waals surface area contributed by atoms with Gasteiger partial charge < -0.3 is 0 Å². The Hall–Kier alpha value is -1.63. The van der Waals surface area contributed by atoms with E-state index in [0.29, 0.717) is 11.7 Å². The number of hydrogen-bond acceptors (Lipinski definition) is 1. The third-order valence-electron chi connectivity index (χ3n) is 4.89. The first kappa shape index (κ1) is 13.4. The minimum atomic E-state index is -0.295. The molecule has 0 heterocycles. The molecule has 20 heavy (non-hydrogen) atoms. The van der Waals surface area contributed by atoms with Gasteiger partial charge in [0.15, 0.2) is 5.78 Å². The topological polar surface area (TPSA) is 17.1 Å². The first-order chi connectivity index (χ1) is 9.83. The molecule has 0 N–H and O–H groups in total. The Labute approximate surface area is 121 Å². The second-order valence-electron chi connectivity index (χ2n) is 6.06. The third-order valence-corrected chi connectivity index (χ3v) is 4.89. The van der Waals surface area contributed by atoms with Crippen LogP contribution >= 0.6 is 0 Å². The molecular weight excluding hydrogens is 244 g/mol. The lowest BCUT2D eigenvalue weighted by molar-refractivity contribution is 0.0718. The van der Waals surface area contributed by atoms with Crippen LogP contribution < -0.4 is 0 Å². The molecule has 0 aromatic heterocycles. The molecule has 1 unspecified atom stereocenters. The molecule has 1 aromatic carbocycles. The number of carbonyl (C=O) groups is 1. The standard InChI is InChI=1S/C19H22O/c20-18(16-10-4-1-5-11-16)19(14-8-3-9-15-19)17-12-6-2-7-13-17/h1,3-5,8-11,14,17H,2,6-7,12-13,15H2. The minimum absolute atomic E-state index is 0.295. The van der Waals surface area contributed by atoms with Crippen LogP contribution in [0.15, 0.2) is 54.6 Å². The predicted octanol–water partition coefficient (Wildman–Crippen LogP) is 4.95. The lowest BCUT2D eigenvalue weighted by Gasteiger charge is -2.40. The van der Waals surface area contributed by atoms with E-state index in [2.05, 4.69) is 24.3 Å². The van der Waals surface area contributed by atoms with E-state index in [-0.39, 0.29) is 5.41 Å². The van der Waals surface area contributed by atoms with Gasteiger partial charge in [-0.05, 0) is 25.2 Å². The summed E-state index contributed by atoms with van der Waals surface area (Å²) in [4.78, 5) is 13.1. The Morgan fingerprint density at radius 2 is 1.75 bits per heavy atom. The van der Waals surface area contributed by atoms with E-state index in [1.807, 2.05) is 30.3 Å². The fraction of sp³-hybridized carbons (Fsp3) is 0.421. The molecule has 1 fully saturated rings. The highest BCUT2D eigenvalue weighted by molar-refractivity contribution is 6.02. The number of Topliss-reactive ketones (excluding diaryl/α,β-unsaturated/α-hetero) is 1. The lowest BCUT2D eigenvalue weighted by Crippen LogP contribution is -2.38. The molecule has 0 aliphatic heterocycles. The van der Waals surface area contributed by atoms with Gasteiger partial charge >= 0.3 is 0 Å². The van der Waals surface area contributed by atoms with Gasteiger partial charge in [-0.3, -0.25) is 4.79 Å². The Kier molecular flexibility index (Phi) is 3.86. The zero-order valence-electron chi connectivity index (χ0n) is 11.9. The van der Waals surface area contributed by atoms with Crippen molar-refractivity contribution < 1.29 is 4.79 Å². The average Bonchev–Trinajstić information content (AvgIpc) is 2.56. The van der Waals surface area contributed by atoms with Crippen LogP contribution in [0.4, 0.5) is 0 Å². The number of hydrogen-bond donors (Lipinski definition) is 0. The van der Waals surface area contributed by atoms with Crippen molar-refractivity contribution in [3.63, 3.8) is 0 Å². The van der Waals surface area contributed by atoms with E-state index in [1.165, 1.54) is 32.1 Å². The van der Waals surface area contributed by atoms with Crippen molar-refractivity contribution in [3.05, 3.63) is 60.2 Å². The van der Waals surface area contributed by atoms with Gasteiger partial charge in [-0.25, -0.2) is 0 Å². The number of benzene rings is 1. The van der Waals surface area contributed by atoms with Gasteiger partial charge in [-0.15, -0.1) is 0 Å². The van der Waals surface area contributed by atoms with Crippen molar-refractivity contribution in [2.45, 2.75) is 38.5 Å². The number of ketones is 1. The van der Waals surface area contributed by atoms with E-state index in [9.17, 15) is 4.79 Å². The Bertz CT molecular complexity index is 520. The molecule has 0 spiro atoms. The number of carbonyl (C=O) groups excluding carboxylic acids is 1. The molecule has 1 nitrogen and oxygen atoms in total. The highest BCUT2D eigenvalue weighted by atomic mass is 16.1. The van der Waals surface area contributed by atoms with E-state index < -0.39 is 0 Å². The fourth-order valence-corrected chi connectivity index (χ4v) is 3.77. The minimum Gasteiger partial charge on any atom is -0.293 e. The Morgan fingerprint density at radius 1 is 1.00 bits per heavy atom. The van der Waals surface area contributed by atoms with Crippen molar-refractivity contribution in [1.29, 1.82) is 0 Å². The van der Waals surface area contributed by atoms with Gasteiger partial charge in [0, 0.05) is 5.56 Å². The Balaban J connectivity index is 1.95. The van der Waals surface area contributed by atoms with Crippen LogP contribution in [0.5, 0.6) is 0 Å². The van der Waals surface area contributed by atoms with Crippen LogP contribution in [0.2, 0.25) is 0 Å². The highest BCUT2D eigenvalue weighted by Gasteiger charge is 2.43. The van der Waals surface area contributed by atoms with Crippen LogP contribution in [0.1, 0.15) is 48.9 Å². The van der Waals surface area contributed by atoms with Crippen molar-refractivity contribution >= 4 is 5.78 Å². The van der Waals surface area contributed by atoms with Gasteiger partial charge in [0.05, 0.1) is 5.41 Å². The molecule has 2 aliphatic carbocycles. The van der Waals surface area contributed by atoms with Crippen molar-refractivity contribution in [1.82, 2.24) is 0 Å². The number of rotatable bonds is 3. The van der Waals surface area contributed by atoms with E-state index in [4.69, 9.17) is 0 Å².